The Hall–Kier alpha value is -2.95. The molecule has 0 fully saturated rings. The number of amides is 1. The highest BCUT2D eigenvalue weighted by molar-refractivity contribution is 6.32. The summed E-state index contributed by atoms with van der Waals surface area (Å²) in [5, 5.41) is 5.45. The van der Waals surface area contributed by atoms with Gasteiger partial charge in [0.05, 0.1) is 24.1 Å². The van der Waals surface area contributed by atoms with E-state index in [0.717, 1.165) is 11.3 Å². The first-order chi connectivity index (χ1) is 11.1. The van der Waals surface area contributed by atoms with Crippen molar-refractivity contribution >= 4 is 23.4 Å². The van der Waals surface area contributed by atoms with E-state index < -0.39 is 5.82 Å². The number of methoxy groups -OCH3 is 1. The fraction of sp³-hybridized carbons (Fsp3) is 0.111. The van der Waals surface area contributed by atoms with Crippen molar-refractivity contribution in [1.29, 1.82) is 0 Å². The molecule has 0 radical (unpaired) electrons. The maximum absolute atomic E-state index is 13.3. The van der Waals surface area contributed by atoms with Crippen molar-refractivity contribution in [3.63, 3.8) is 0 Å². The predicted octanol–water partition coefficient (Wildman–Crippen LogP) is 3.64. The molecule has 4 nitrogen and oxygen atoms in total. The summed E-state index contributed by atoms with van der Waals surface area (Å²) in [5.74, 6) is 0.0660. The van der Waals surface area contributed by atoms with Crippen LogP contribution in [0.5, 0.6) is 5.75 Å². The molecular formula is C18H15FN2O2. The number of ether oxygens (including phenoxy) is 1. The normalized spacial score (nSPS) is 16.0. The van der Waals surface area contributed by atoms with Gasteiger partial charge in [-0.3, -0.25) is 4.79 Å². The molecule has 116 valence electrons. The highest BCUT2D eigenvalue weighted by Crippen LogP contribution is 2.25. The van der Waals surface area contributed by atoms with E-state index in [4.69, 9.17) is 4.74 Å². The Morgan fingerprint density at radius 1 is 1.17 bits per heavy atom. The number of hydrogen-bond donors (Lipinski definition) is 0. The molecular weight excluding hydrogens is 295 g/mol. The van der Waals surface area contributed by atoms with Crippen LogP contribution in [0.3, 0.4) is 0 Å². The second-order valence-electron chi connectivity index (χ2n) is 5.11. The van der Waals surface area contributed by atoms with Crippen LogP contribution < -0.4 is 9.75 Å². The quantitative estimate of drug-likeness (QED) is 0.812. The summed E-state index contributed by atoms with van der Waals surface area (Å²) < 4.78 is 18.5. The summed E-state index contributed by atoms with van der Waals surface area (Å²) in [4.78, 5) is 12.6. The minimum absolute atomic E-state index is 0.274. The molecule has 0 bridgehead atoms. The number of carbonyl (C=O) groups is 1. The lowest BCUT2D eigenvalue weighted by atomic mass is 10.1. The fourth-order valence-electron chi connectivity index (χ4n) is 2.33. The molecule has 2 aromatic carbocycles. The Bertz CT molecular complexity index is 810. The molecule has 0 unspecified atom stereocenters. The first-order valence-corrected chi connectivity index (χ1v) is 7.10. The van der Waals surface area contributed by atoms with Gasteiger partial charge in [0, 0.05) is 0 Å². The summed E-state index contributed by atoms with van der Waals surface area (Å²) in [6.07, 6.45) is 1.76. The largest absolute Gasteiger partial charge is 0.497 e. The molecule has 0 aromatic heterocycles. The van der Waals surface area contributed by atoms with E-state index in [1.807, 2.05) is 24.3 Å². The van der Waals surface area contributed by atoms with Gasteiger partial charge in [0.2, 0.25) is 0 Å². The number of benzene rings is 2. The van der Waals surface area contributed by atoms with E-state index in [-0.39, 0.29) is 5.91 Å². The molecule has 2 aromatic rings. The molecule has 1 aliphatic rings. The predicted molar refractivity (Wildman–Crippen MR) is 88.0 cm³/mol. The Balaban J connectivity index is 1.91. The molecule has 1 aliphatic heterocycles. The van der Waals surface area contributed by atoms with Crippen LogP contribution in [-0.4, -0.2) is 18.7 Å². The van der Waals surface area contributed by atoms with E-state index in [1.54, 1.807) is 32.2 Å². The lowest BCUT2D eigenvalue weighted by Gasteiger charge is -2.11. The summed E-state index contributed by atoms with van der Waals surface area (Å²) in [7, 11) is 1.60. The Labute approximate surface area is 133 Å². The van der Waals surface area contributed by atoms with Gasteiger partial charge < -0.3 is 4.74 Å². The van der Waals surface area contributed by atoms with Gasteiger partial charge in [-0.25, -0.2) is 4.39 Å². The average Bonchev–Trinajstić information content (AvgIpc) is 2.84. The van der Waals surface area contributed by atoms with Crippen LogP contribution in [0.2, 0.25) is 0 Å². The van der Waals surface area contributed by atoms with Crippen LogP contribution in [0.25, 0.3) is 6.08 Å². The topological polar surface area (TPSA) is 41.9 Å². The van der Waals surface area contributed by atoms with Gasteiger partial charge >= 0.3 is 0 Å². The molecule has 0 spiro atoms. The molecule has 1 heterocycles. The zero-order chi connectivity index (χ0) is 16.4. The third kappa shape index (κ3) is 2.99. The monoisotopic (exact) mass is 310 g/mol. The van der Waals surface area contributed by atoms with Crippen LogP contribution in [0.15, 0.2) is 59.2 Å². The third-order valence-corrected chi connectivity index (χ3v) is 3.54. The van der Waals surface area contributed by atoms with E-state index in [0.29, 0.717) is 17.0 Å². The summed E-state index contributed by atoms with van der Waals surface area (Å²) in [6, 6.07) is 13.2. The number of hydrazone groups is 1. The van der Waals surface area contributed by atoms with Gasteiger partial charge in [0.1, 0.15) is 11.6 Å². The van der Waals surface area contributed by atoms with Crippen LogP contribution in [0.4, 0.5) is 10.1 Å². The van der Waals surface area contributed by atoms with Gasteiger partial charge in [-0.2, -0.15) is 10.1 Å². The van der Waals surface area contributed by atoms with Crippen molar-refractivity contribution in [2.24, 2.45) is 5.10 Å². The minimum Gasteiger partial charge on any atom is -0.497 e. The second-order valence-corrected chi connectivity index (χ2v) is 5.11. The second kappa shape index (κ2) is 6.04. The standard InChI is InChI=1S/C18H15FN2O2/c1-12-17(10-13-6-8-16(23-2)9-7-13)18(22)21(20-12)15-5-3-4-14(19)11-15/h3-11H,1-2H3/b17-10+. The molecule has 3 rings (SSSR count). The smallest absolute Gasteiger partial charge is 0.280 e. The van der Waals surface area contributed by atoms with Gasteiger partial charge in [-0.05, 0) is 48.9 Å². The van der Waals surface area contributed by atoms with Gasteiger partial charge in [-0.1, -0.05) is 18.2 Å². The van der Waals surface area contributed by atoms with Crippen LogP contribution in [0, 0.1) is 5.82 Å². The van der Waals surface area contributed by atoms with Crippen molar-refractivity contribution in [1.82, 2.24) is 0 Å². The summed E-state index contributed by atoms with van der Waals surface area (Å²) in [6.45, 7) is 1.76. The molecule has 0 saturated carbocycles. The van der Waals surface area contributed by atoms with E-state index in [9.17, 15) is 9.18 Å². The van der Waals surface area contributed by atoms with Crippen molar-refractivity contribution in [3.05, 3.63) is 65.5 Å². The Morgan fingerprint density at radius 3 is 2.57 bits per heavy atom. The van der Waals surface area contributed by atoms with E-state index in [2.05, 4.69) is 5.10 Å². The SMILES string of the molecule is COc1ccc(/C=C2/C(=O)N(c3cccc(F)c3)N=C2C)cc1. The van der Waals surface area contributed by atoms with Gasteiger partial charge in [0.15, 0.2) is 0 Å². The number of anilines is 1. The molecule has 5 heteroatoms. The molecule has 23 heavy (non-hydrogen) atoms. The van der Waals surface area contributed by atoms with Crippen LogP contribution >= 0.6 is 0 Å². The van der Waals surface area contributed by atoms with E-state index >= 15 is 0 Å². The maximum Gasteiger partial charge on any atom is 0.280 e. The molecule has 0 N–H and O–H groups in total. The van der Waals surface area contributed by atoms with Crippen LogP contribution in [-0.2, 0) is 4.79 Å². The lowest BCUT2D eigenvalue weighted by Crippen LogP contribution is -2.21. The zero-order valence-corrected chi connectivity index (χ0v) is 12.8. The van der Waals surface area contributed by atoms with Crippen molar-refractivity contribution in [2.75, 3.05) is 12.1 Å². The highest BCUT2D eigenvalue weighted by Gasteiger charge is 2.28. The number of rotatable bonds is 3. The van der Waals surface area contributed by atoms with Crippen molar-refractivity contribution < 1.29 is 13.9 Å². The molecule has 0 atom stereocenters. The highest BCUT2D eigenvalue weighted by atomic mass is 19.1. The minimum atomic E-state index is -0.407. The van der Waals surface area contributed by atoms with Crippen molar-refractivity contribution in [3.8, 4) is 5.75 Å². The summed E-state index contributed by atoms with van der Waals surface area (Å²) >= 11 is 0. The van der Waals surface area contributed by atoms with E-state index in [1.165, 1.54) is 17.1 Å². The van der Waals surface area contributed by atoms with Gasteiger partial charge in [0.25, 0.3) is 5.91 Å². The number of carbonyl (C=O) groups excluding carboxylic acids is 1. The van der Waals surface area contributed by atoms with Crippen molar-refractivity contribution in [2.45, 2.75) is 6.92 Å². The number of nitrogens with zero attached hydrogens (tertiary/aromatic N) is 2. The fourth-order valence-corrected chi connectivity index (χ4v) is 2.33. The van der Waals surface area contributed by atoms with Gasteiger partial charge in [-0.15, -0.1) is 0 Å². The number of halogens is 1. The molecule has 1 amide bonds. The number of hydrogen-bond acceptors (Lipinski definition) is 3. The zero-order valence-electron chi connectivity index (χ0n) is 12.8. The lowest BCUT2D eigenvalue weighted by molar-refractivity contribution is -0.114. The average molecular weight is 310 g/mol. The third-order valence-electron chi connectivity index (χ3n) is 3.54. The molecule has 0 aliphatic carbocycles. The first kappa shape index (κ1) is 15.0. The summed E-state index contributed by atoms with van der Waals surface area (Å²) in [5.41, 5.74) is 2.35. The maximum atomic E-state index is 13.3. The first-order valence-electron chi connectivity index (χ1n) is 7.10. The van der Waals surface area contributed by atoms with Crippen LogP contribution in [0.1, 0.15) is 12.5 Å². The Morgan fingerprint density at radius 2 is 1.91 bits per heavy atom. The Kier molecular flexibility index (Phi) is 3.93. The molecule has 0 saturated heterocycles.